The van der Waals surface area contributed by atoms with Crippen LogP contribution in [0.25, 0.3) is 0 Å². The van der Waals surface area contributed by atoms with E-state index in [-0.39, 0.29) is 12.2 Å². The molecule has 1 aromatic rings. The molecule has 0 amide bonds. The van der Waals surface area contributed by atoms with E-state index in [9.17, 15) is 0 Å². The molecule has 0 fully saturated rings. The summed E-state index contributed by atoms with van der Waals surface area (Å²) in [4.78, 5) is 0. The van der Waals surface area contributed by atoms with E-state index in [1.807, 2.05) is 33.8 Å². The summed E-state index contributed by atoms with van der Waals surface area (Å²) in [7, 11) is 0. The quantitative estimate of drug-likeness (QED) is 0.755. The predicted molar refractivity (Wildman–Crippen MR) is 72.1 cm³/mol. The van der Waals surface area contributed by atoms with Crippen molar-refractivity contribution in [3.05, 3.63) is 23.8 Å². The van der Waals surface area contributed by atoms with Crippen LogP contribution in [0, 0.1) is 0 Å². The molecule has 0 bridgehead atoms. The summed E-state index contributed by atoms with van der Waals surface area (Å²) in [6.07, 6.45) is 0.321. The Morgan fingerprint density at radius 2 is 1.29 bits per heavy atom. The molecule has 0 aliphatic rings. The molecule has 2 nitrogen and oxygen atoms in total. The van der Waals surface area contributed by atoms with E-state index >= 15 is 0 Å². The molecule has 0 heterocycles. The van der Waals surface area contributed by atoms with Crippen molar-refractivity contribution in [2.24, 2.45) is 0 Å². The number of rotatable bonds is 5. The zero-order chi connectivity index (χ0) is 13.0. The molecule has 17 heavy (non-hydrogen) atoms. The molecule has 96 valence electrons. The normalized spacial score (nSPS) is 11.4. The lowest BCUT2D eigenvalue weighted by atomic mass is 10.0. The van der Waals surface area contributed by atoms with Gasteiger partial charge in [0.15, 0.2) is 11.5 Å². The second kappa shape index (κ2) is 5.95. The Morgan fingerprint density at radius 3 is 1.76 bits per heavy atom. The summed E-state index contributed by atoms with van der Waals surface area (Å²) in [5.74, 6) is 2.18. The van der Waals surface area contributed by atoms with Gasteiger partial charge in [0.2, 0.25) is 0 Å². The summed E-state index contributed by atoms with van der Waals surface area (Å²) in [5, 5.41) is 0. The Labute approximate surface area is 105 Å². The lowest BCUT2D eigenvalue weighted by Crippen LogP contribution is -2.11. The maximum absolute atomic E-state index is 5.81. The Hall–Kier alpha value is -1.18. The molecule has 1 aromatic carbocycles. The average Bonchev–Trinajstić information content (AvgIpc) is 2.18. The molecule has 0 radical (unpaired) electrons. The predicted octanol–water partition coefficient (Wildman–Crippen LogP) is 4.38. The number of ether oxygens (including phenoxy) is 2. The molecule has 0 aromatic heterocycles. The maximum Gasteiger partial charge on any atom is 0.161 e. The Balaban J connectivity index is 3.03. The first-order chi connectivity index (χ1) is 7.90. The molecule has 0 saturated carbocycles. The molecular weight excluding hydrogens is 212 g/mol. The zero-order valence-corrected chi connectivity index (χ0v) is 11.8. The maximum atomic E-state index is 5.81. The second-order valence-corrected chi connectivity index (χ2v) is 5.19. The highest BCUT2D eigenvalue weighted by atomic mass is 16.5. The molecule has 0 atom stereocenters. The monoisotopic (exact) mass is 236 g/mol. The van der Waals surface area contributed by atoms with Gasteiger partial charge < -0.3 is 9.47 Å². The van der Waals surface area contributed by atoms with Crippen LogP contribution >= 0.6 is 0 Å². The molecule has 0 spiro atoms. The van der Waals surface area contributed by atoms with Crippen LogP contribution in [0.1, 0.15) is 53.0 Å². The molecule has 0 N–H and O–H groups in total. The number of hydrogen-bond acceptors (Lipinski definition) is 2. The van der Waals surface area contributed by atoms with Gasteiger partial charge in [-0.1, -0.05) is 19.9 Å². The van der Waals surface area contributed by atoms with Crippen molar-refractivity contribution >= 4 is 0 Å². The molecule has 0 aliphatic heterocycles. The summed E-state index contributed by atoms with van der Waals surface area (Å²) < 4.78 is 11.6. The zero-order valence-electron chi connectivity index (χ0n) is 11.8. The molecule has 0 saturated heterocycles. The van der Waals surface area contributed by atoms with Crippen LogP contribution in [0.2, 0.25) is 0 Å². The van der Waals surface area contributed by atoms with Crippen molar-refractivity contribution in [2.45, 2.75) is 59.7 Å². The van der Waals surface area contributed by atoms with Crippen molar-refractivity contribution in [3.63, 3.8) is 0 Å². The van der Waals surface area contributed by atoms with Crippen LogP contribution < -0.4 is 9.47 Å². The first-order valence-electron chi connectivity index (χ1n) is 6.37. The van der Waals surface area contributed by atoms with Gasteiger partial charge in [0, 0.05) is 0 Å². The fourth-order valence-corrected chi connectivity index (χ4v) is 1.58. The topological polar surface area (TPSA) is 18.5 Å². The smallest absolute Gasteiger partial charge is 0.161 e. The third-order valence-corrected chi connectivity index (χ3v) is 2.36. The molecular formula is C15H24O2. The van der Waals surface area contributed by atoms with E-state index in [1.165, 1.54) is 5.56 Å². The Kier molecular flexibility index (Phi) is 4.86. The van der Waals surface area contributed by atoms with Gasteiger partial charge in [-0.15, -0.1) is 0 Å². The van der Waals surface area contributed by atoms with Crippen molar-refractivity contribution in [1.82, 2.24) is 0 Å². The van der Waals surface area contributed by atoms with Gasteiger partial charge in [0.05, 0.1) is 12.2 Å². The third-order valence-electron chi connectivity index (χ3n) is 2.36. The first kappa shape index (κ1) is 13.9. The summed E-state index contributed by atoms with van der Waals surface area (Å²) in [6, 6.07) is 6.20. The van der Waals surface area contributed by atoms with Crippen molar-refractivity contribution < 1.29 is 9.47 Å². The van der Waals surface area contributed by atoms with Gasteiger partial charge in [0.1, 0.15) is 0 Å². The Bertz CT molecular complexity index is 354. The van der Waals surface area contributed by atoms with Gasteiger partial charge >= 0.3 is 0 Å². The van der Waals surface area contributed by atoms with E-state index in [0.29, 0.717) is 5.92 Å². The largest absolute Gasteiger partial charge is 0.487 e. The van der Waals surface area contributed by atoms with Crippen molar-refractivity contribution in [1.29, 1.82) is 0 Å². The number of hydrogen-bond donors (Lipinski definition) is 0. The molecule has 1 rings (SSSR count). The third kappa shape index (κ3) is 4.29. The summed E-state index contributed by atoms with van der Waals surface area (Å²) >= 11 is 0. The minimum atomic E-state index is 0.159. The first-order valence-corrected chi connectivity index (χ1v) is 6.37. The SMILES string of the molecule is CC(C)Oc1ccc(C(C)C)cc1OC(C)C. The van der Waals surface area contributed by atoms with E-state index < -0.39 is 0 Å². The standard InChI is InChI=1S/C15H24O2/c1-10(2)13-7-8-14(16-11(3)4)15(9-13)17-12(5)6/h7-12H,1-6H3. The highest BCUT2D eigenvalue weighted by Gasteiger charge is 2.11. The van der Waals surface area contributed by atoms with E-state index in [1.54, 1.807) is 0 Å². The van der Waals surface area contributed by atoms with E-state index in [4.69, 9.17) is 9.47 Å². The van der Waals surface area contributed by atoms with Gasteiger partial charge in [-0.25, -0.2) is 0 Å². The van der Waals surface area contributed by atoms with E-state index in [2.05, 4.69) is 26.0 Å². The molecule has 0 aliphatic carbocycles. The second-order valence-electron chi connectivity index (χ2n) is 5.19. The van der Waals surface area contributed by atoms with Crippen LogP contribution in [0.3, 0.4) is 0 Å². The van der Waals surface area contributed by atoms with Gasteiger partial charge in [-0.3, -0.25) is 0 Å². The molecule has 2 heteroatoms. The lowest BCUT2D eigenvalue weighted by molar-refractivity contribution is 0.198. The lowest BCUT2D eigenvalue weighted by Gasteiger charge is -2.18. The van der Waals surface area contributed by atoms with Gasteiger partial charge in [0.25, 0.3) is 0 Å². The average molecular weight is 236 g/mol. The van der Waals surface area contributed by atoms with Crippen molar-refractivity contribution in [3.8, 4) is 11.5 Å². The highest BCUT2D eigenvalue weighted by Crippen LogP contribution is 2.32. The summed E-state index contributed by atoms with van der Waals surface area (Å²) in [5.41, 5.74) is 1.27. The van der Waals surface area contributed by atoms with Crippen LogP contribution in [0.4, 0.5) is 0 Å². The molecule has 0 unspecified atom stereocenters. The van der Waals surface area contributed by atoms with Crippen LogP contribution in [0.15, 0.2) is 18.2 Å². The van der Waals surface area contributed by atoms with Gasteiger partial charge in [-0.05, 0) is 51.3 Å². The minimum absolute atomic E-state index is 0.159. The van der Waals surface area contributed by atoms with Crippen molar-refractivity contribution in [2.75, 3.05) is 0 Å². The van der Waals surface area contributed by atoms with Crippen LogP contribution in [-0.4, -0.2) is 12.2 Å². The fraction of sp³-hybridized carbons (Fsp3) is 0.600. The van der Waals surface area contributed by atoms with Gasteiger partial charge in [-0.2, -0.15) is 0 Å². The van der Waals surface area contributed by atoms with E-state index in [0.717, 1.165) is 11.5 Å². The minimum Gasteiger partial charge on any atom is -0.487 e. The highest BCUT2D eigenvalue weighted by molar-refractivity contribution is 5.44. The van der Waals surface area contributed by atoms with Crippen LogP contribution in [-0.2, 0) is 0 Å². The number of benzene rings is 1. The Morgan fingerprint density at radius 1 is 0.765 bits per heavy atom. The summed E-state index contributed by atoms with van der Waals surface area (Å²) in [6.45, 7) is 12.5. The van der Waals surface area contributed by atoms with Crippen LogP contribution in [0.5, 0.6) is 11.5 Å². The fourth-order valence-electron chi connectivity index (χ4n) is 1.58.